The zero-order valence-electron chi connectivity index (χ0n) is 10.9. The number of halogens is 1. The third-order valence-electron chi connectivity index (χ3n) is 2.71. The van der Waals surface area contributed by atoms with Crippen molar-refractivity contribution in [1.29, 1.82) is 0 Å². The van der Waals surface area contributed by atoms with Crippen LogP contribution in [0.15, 0.2) is 24.3 Å². The molecule has 1 atom stereocenters. The van der Waals surface area contributed by atoms with Crippen LogP contribution in [-0.4, -0.2) is 33.0 Å². The summed E-state index contributed by atoms with van der Waals surface area (Å²) in [4.78, 5) is 0. The van der Waals surface area contributed by atoms with Gasteiger partial charge in [0.25, 0.3) is 0 Å². The third kappa shape index (κ3) is 6.36. The summed E-state index contributed by atoms with van der Waals surface area (Å²) in [5, 5.41) is 0.786. The van der Waals surface area contributed by atoms with Gasteiger partial charge in [-0.25, -0.2) is 0 Å². The minimum atomic E-state index is 0.0901. The van der Waals surface area contributed by atoms with Gasteiger partial charge in [0, 0.05) is 38.0 Å². The molecule has 0 saturated heterocycles. The van der Waals surface area contributed by atoms with Gasteiger partial charge in [-0.2, -0.15) is 0 Å². The Hall–Kier alpha value is -0.610. The fraction of sp³-hybridized carbons (Fsp3) is 0.571. The standard InChI is InChI=1S/C14H22ClNO2/c1-17-8-4-9-18-10-7-13(16)11-12-5-2-3-6-14(12)15/h2-3,5-6,13H,4,7-11,16H2,1H3. The Morgan fingerprint density at radius 3 is 2.72 bits per heavy atom. The summed E-state index contributed by atoms with van der Waals surface area (Å²) in [5.74, 6) is 0. The van der Waals surface area contributed by atoms with Crippen LogP contribution in [0.25, 0.3) is 0 Å². The fourth-order valence-electron chi connectivity index (χ4n) is 1.69. The largest absolute Gasteiger partial charge is 0.385 e. The van der Waals surface area contributed by atoms with Crippen molar-refractivity contribution in [2.24, 2.45) is 5.73 Å². The zero-order chi connectivity index (χ0) is 13.2. The van der Waals surface area contributed by atoms with E-state index in [-0.39, 0.29) is 6.04 Å². The zero-order valence-corrected chi connectivity index (χ0v) is 11.7. The molecule has 0 radical (unpaired) electrons. The molecule has 0 fully saturated rings. The second kappa shape index (κ2) is 9.34. The van der Waals surface area contributed by atoms with Crippen molar-refractivity contribution in [1.82, 2.24) is 0 Å². The van der Waals surface area contributed by atoms with Crippen LogP contribution in [0.3, 0.4) is 0 Å². The molecule has 4 heteroatoms. The van der Waals surface area contributed by atoms with Crippen molar-refractivity contribution in [3.63, 3.8) is 0 Å². The fourth-order valence-corrected chi connectivity index (χ4v) is 1.90. The van der Waals surface area contributed by atoms with Gasteiger partial charge in [-0.1, -0.05) is 29.8 Å². The molecule has 0 saturated carbocycles. The van der Waals surface area contributed by atoms with Crippen molar-refractivity contribution < 1.29 is 9.47 Å². The molecule has 1 unspecified atom stereocenters. The summed E-state index contributed by atoms with van der Waals surface area (Å²) >= 11 is 6.09. The van der Waals surface area contributed by atoms with E-state index in [2.05, 4.69) is 0 Å². The van der Waals surface area contributed by atoms with Crippen molar-refractivity contribution >= 4 is 11.6 Å². The van der Waals surface area contributed by atoms with E-state index in [1.807, 2.05) is 24.3 Å². The van der Waals surface area contributed by atoms with Crippen LogP contribution < -0.4 is 5.73 Å². The maximum Gasteiger partial charge on any atom is 0.0487 e. The molecule has 0 aromatic heterocycles. The van der Waals surface area contributed by atoms with Crippen LogP contribution in [-0.2, 0) is 15.9 Å². The molecule has 0 bridgehead atoms. The van der Waals surface area contributed by atoms with E-state index >= 15 is 0 Å². The molecule has 18 heavy (non-hydrogen) atoms. The van der Waals surface area contributed by atoms with Crippen molar-refractivity contribution in [2.45, 2.75) is 25.3 Å². The Bertz CT molecular complexity index is 333. The van der Waals surface area contributed by atoms with Crippen LogP contribution in [0.2, 0.25) is 5.02 Å². The molecular weight excluding hydrogens is 250 g/mol. The van der Waals surface area contributed by atoms with E-state index in [0.29, 0.717) is 6.61 Å². The molecule has 1 rings (SSSR count). The molecule has 1 aromatic carbocycles. The highest BCUT2D eigenvalue weighted by Gasteiger charge is 2.06. The topological polar surface area (TPSA) is 44.5 Å². The lowest BCUT2D eigenvalue weighted by atomic mass is 10.0. The summed E-state index contributed by atoms with van der Waals surface area (Å²) in [5.41, 5.74) is 7.16. The molecule has 0 aliphatic rings. The molecule has 0 aliphatic heterocycles. The molecule has 102 valence electrons. The summed E-state index contributed by atoms with van der Waals surface area (Å²) in [6.07, 6.45) is 2.57. The Morgan fingerprint density at radius 1 is 1.22 bits per heavy atom. The van der Waals surface area contributed by atoms with E-state index in [0.717, 1.165) is 43.1 Å². The molecule has 0 aliphatic carbocycles. The maximum atomic E-state index is 6.09. The lowest BCUT2D eigenvalue weighted by molar-refractivity contribution is 0.0984. The highest BCUT2D eigenvalue weighted by atomic mass is 35.5. The van der Waals surface area contributed by atoms with Gasteiger partial charge in [-0.15, -0.1) is 0 Å². The van der Waals surface area contributed by atoms with Crippen LogP contribution in [0, 0.1) is 0 Å². The smallest absolute Gasteiger partial charge is 0.0487 e. The predicted octanol–water partition coefficient (Wildman–Crippen LogP) is 2.65. The monoisotopic (exact) mass is 271 g/mol. The molecule has 3 nitrogen and oxygen atoms in total. The van der Waals surface area contributed by atoms with E-state index in [9.17, 15) is 0 Å². The quantitative estimate of drug-likeness (QED) is 0.703. The van der Waals surface area contributed by atoms with Crippen LogP contribution in [0.4, 0.5) is 0 Å². The predicted molar refractivity (Wildman–Crippen MR) is 75.1 cm³/mol. The summed E-state index contributed by atoms with van der Waals surface area (Å²) in [6.45, 7) is 2.16. The Kier molecular flexibility index (Phi) is 8.01. The number of hydrogen-bond acceptors (Lipinski definition) is 3. The van der Waals surface area contributed by atoms with Gasteiger partial charge >= 0.3 is 0 Å². The average molecular weight is 272 g/mol. The first-order valence-corrected chi connectivity index (χ1v) is 6.67. The minimum Gasteiger partial charge on any atom is -0.385 e. The van der Waals surface area contributed by atoms with Crippen LogP contribution in [0.1, 0.15) is 18.4 Å². The van der Waals surface area contributed by atoms with Gasteiger partial charge in [0.1, 0.15) is 0 Å². The van der Waals surface area contributed by atoms with Crippen LogP contribution in [0.5, 0.6) is 0 Å². The second-order valence-corrected chi connectivity index (χ2v) is 4.71. The number of benzene rings is 1. The Labute approximate surface area is 114 Å². The van der Waals surface area contributed by atoms with Gasteiger partial charge in [-0.05, 0) is 30.9 Å². The van der Waals surface area contributed by atoms with Gasteiger partial charge in [-0.3, -0.25) is 0 Å². The maximum absolute atomic E-state index is 6.09. The van der Waals surface area contributed by atoms with Gasteiger partial charge in [0.2, 0.25) is 0 Å². The number of rotatable bonds is 9. The molecular formula is C14H22ClNO2. The van der Waals surface area contributed by atoms with E-state index in [1.54, 1.807) is 7.11 Å². The Balaban J connectivity index is 2.14. The lowest BCUT2D eigenvalue weighted by Gasteiger charge is -2.12. The van der Waals surface area contributed by atoms with Gasteiger partial charge in [0.15, 0.2) is 0 Å². The lowest BCUT2D eigenvalue weighted by Crippen LogP contribution is -2.25. The number of methoxy groups -OCH3 is 1. The number of hydrogen-bond donors (Lipinski definition) is 1. The number of ether oxygens (including phenoxy) is 2. The van der Waals surface area contributed by atoms with E-state index < -0.39 is 0 Å². The Morgan fingerprint density at radius 2 is 2.00 bits per heavy atom. The molecule has 1 aromatic rings. The van der Waals surface area contributed by atoms with E-state index in [1.165, 1.54) is 0 Å². The minimum absolute atomic E-state index is 0.0901. The SMILES string of the molecule is COCCCOCCC(N)Cc1ccccc1Cl. The van der Waals surface area contributed by atoms with Gasteiger partial charge in [0.05, 0.1) is 0 Å². The average Bonchev–Trinajstić information content (AvgIpc) is 2.36. The molecule has 0 heterocycles. The first-order valence-electron chi connectivity index (χ1n) is 6.29. The summed E-state index contributed by atoms with van der Waals surface area (Å²) in [7, 11) is 1.69. The first-order chi connectivity index (χ1) is 8.74. The van der Waals surface area contributed by atoms with Crippen molar-refractivity contribution in [3.05, 3.63) is 34.9 Å². The first kappa shape index (κ1) is 15.4. The van der Waals surface area contributed by atoms with Crippen molar-refractivity contribution in [2.75, 3.05) is 26.9 Å². The van der Waals surface area contributed by atoms with Gasteiger partial charge < -0.3 is 15.2 Å². The number of nitrogens with two attached hydrogens (primary N) is 1. The summed E-state index contributed by atoms with van der Waals surface area (Å²) < 4.78 is 10.4. The molecule has 0 amide bonds. The van der Waals surface area contributed by atoms with Crippen molar-refractivity contribution in [3.8, 4) is 0 Å². The molecule has 0 spiro atoms. The van der Waals surface area contributed by atoms with Crippen LogP contribution >= 0.6 is 11.6 Å². The third-order valence-corrected chi connectivity index (χ3v) is 3.08. The van der Waals surface area contributed by atoms with E-state index in [4.69, 9.17) is 26.8 Å². The second-order valence-electron chi connectivity index (χ2n) is 4.30. The normalized spacial score (nSPS) is 12.6. The summed E-state index contributed by atoms with van der Waals surface area (Å²) in [6, 6.07) is 7.91. The molecule has 2 N–H and O–H groups in total. The highest BCUT2D eigenvalue weighted by Crippen LogP contribution is 2.16. The highest BCUT2D eigenvalue weighted by molar-refractivity contribution is 6.31.